The highest BCUT2D eigenvalue weighted by atomic mass is 16.5. The zero-order valence-corrected chi connectivity index (χ0v) is 12.3. The third-order valence-electron chi connectivity index (χ3n) is 4.30. The Kier molecular flexibility index (Phi) is 5.46. The van der Waals surface area contributed by atoms with E-state index >= 15 is 0 Å². The molecule has 0 saturated carbocycles. The van der Waals surface area contributed by atoms with Crippen molar-refractivity contribution < 1.29 is 4.74 Å². The zero-order valence-electron chi connectivity index (χ0n) is 12.3. The van der Waals surface area contributed by atoms with Crippen molar-refractivity contribution in [1.29, 1.82) is 0 Å². The summed E-state index contributed by atoms with van der Waals surface area (Å²) in [4.78, 5) is 2.68. The smallest absolute Gasteiger partial charge is 0.0702 e. The maximum absolute atomic E-state index is 5.80. The third kappa shape index (κ3) is 3.94. The summed E-state index contributed by atoms with van der Waals surface area (Å²) in [6.07, 6.45) is 5.54. The van der Waals surface area contributed by atoms with Gasteiger partial charge in [0.15, 0.2) is 0 Å². The first-order valence-electron chi connectivity index (χ1n) is 7.78. The molecule has 1 N–H and O–H groups in total. The van der Waals surface area contributed by atoms with E-state index in [1.165, 1.54) is 32.2 Å². The maximum Gasteiger partial charge on any atom is 0.0702 e. The second kappa shape index (κ2) is 6.88. The fraction of sp³-hybridized carbons (Fsp3) is 1.00. The summed E-state index contributed by atoms with van der Waals surface area (Å²) < 4.78 is 5.80. The highest BCUT2D eigenvalue weighted by molar-refractivity contribution is 4.87. The van der Waals surface area contributed by atoms with Gasteiger partial charge in [0.05, 0.1) is 6.10 Å². The Balaban J connectivity index is 1.85. The van der Waals surface area contributed by atoms with E-state index in [0.717, 1.165) is 25.6 Å². The monoisotopic (exact) mass is 254 g/mol. The van der Waals surface area contributed by atoms with Crippen LogP contribution < -0.4 is 5.32 Å². The maximum atomic E-state index is 5.80. The first-order chi connectivity index (χ1) is 8.69. The molecule has 106 valence electrons. The summed E-state index contributed by atoms with van der Waals surface area (Å²) in [5.41, 5.74) is 0. The lowest BCUT2D eigenvalue weighted by molar-refractivity contribution is 0.0362. The minimum absolute atomic E-state index is 0.497. The topological polar surface area (TPSA) is 24.5 Å². The van der Waals surface area contributed by atoms with E-state index in [1.54, 1.807) is 0 Å². The van der Waals surface area contributed by atoms with Crippen LogP contribution >= 0.6 is 0 Å². The van der Waals surface area contributed by atoms with Gasteiger partial charge in [-0.2, -0.15) is 0 Å². The third-order valence-corrected chi connectivity index (χ3v) is 4.30. The van der Waals surface area contributed by atoms with Crippen molar-refractivity contribution in [1.82, 2.24) is 10.2 Å². The molecular formula is C15H30N2O. The van der Waals surface area contributed by atoms with Gasteiger partial charge in [0.2, 0.25) is 0 Å². The number of piperazine rings is 1. The molecule has 3 nitrogen and oxygen atoms in total. The summed E-state index contributed by atoms with van der Waals surface area (Å²) in [6, 6.07) is 1.38. The Morgan fingerprint density at radius 2 is 2.22 bits per heavy atom. The lowest BCUT2D eigenvalue weighted by Gasteiger charge is -2.41. The first kappa shape index (κ1) is 14.3. The molecule has 0 aromatic rings. The van der Waals surface area contributed by atoms with E-state index < -0.39 is 0 Å². The molecule has 0 bridgehead atoms. The quantitative estimate of drug-likeness (QED) is 0.814. The van der Waals surface area contributed by atoms with E-state index in [2.05, 4.69) is 31.0 Å². The van der Waals surface area contributed by atoms with Crippen molar-refractivity contribution in [3.63, 3.8) is 0 Å². The average Bonchev–Trinajstić information content (AvgIpc) is 2.81. The lowest BCUT2D eigenvalue weighted by atomic mass is 9.98. The zero-order chi connectivity index (χ0) is 13.0. The van der Waals surface area contributed by atoms with Crippen LogP contribution in [-0.2, 0) is 4.74 Å². The van der Waals surface area contributed by atoms with Crippen molar-refractivity contribution in [3.8, 4) is 0 Å². The van der Waals surface area contributed by atoms with Crippen LogP contribution in [0.1, 0.15) is 46.5 Å². The Bertz CT molecular complexity index is 239. The average molecular weight is 254 g/mol. The van der Waals surface area contributed by atoms with Crippen molar-refractivity contribution in [2.75, 3.05) is 26.2 Å². The Hall–Kier alpha value is -0.120. The molecule has 0 aromatic carbocycles. The molecule has 2 fully saturated rings. The minimum Gasteiger partial charge on any atom is -0.377 e. The summed E-state index contributed by atoms with van der Waals surface area (Å²) in [5.74, 6) is 0.783. The Morgan fingerprint density at radius 3 is 2.83 bits per heavy atom. The van der Waals surface area contributed by atoms with Crippen LogP contribution in [0.15, 0.2) is 0 Å². The van der Waals surface area contributed by atoms with E-state index in [1.807, 2.05) is 0 Å². The molecular weight excluding hydrogens is 224 g/mol. The van der Waals surface area contributed by atoms with Crippen LogP contribution in [0.2, 0.25) is 0 Å². The molecule has 2 saturated heterocycles. The van der Waals surface area contributed by atoms with Crippen LogP contribution in [0.4, 0.5) is 0 Å². The molecule has 3 unspecified atom stereocenters. The predicted molar refractivity (Wildman–Crippen MR) is 75.9 cm³/mol. The van der Waals surface area contributed by atoms with Gasteiger partial charge in [-0.1, -0.05) is 20.8 Å². The van der Waals surface area contributed by atoms with Crippen LogP contribution in [0.25, 0.3) is 0 Å². The highest BCUT2D eigenvalue weighted by Crippen LogP contribution is 2.19. The number of nitrogens with one attached hydrogen (secondary N) is 1. The van der Waals surface area contributed by atoms with Crippen molar-refractivity contribution in [3.05, 3.63) is 0 Å². The molecule has 3 atom stereocenters. The standard InChI is InChI=1S/C15H30N2O/c1-4-14-9-16-13(8-12(2)3)10-17(14)11-15-6-5-7-18-15/h12-16H,4-11H2,1-3H3. The fourth-order valence-electron chi connectivity index (χ4n) is 3.33. The fourth-order valence-corrected chi connectivity index (χ4v) is 3.33. The van der Waals surface area contributed by atoms with Gasteiger partial charge >= 0.3 is 0 Å². The number of nitrogens with zero attached hydrogens (tertiary/aromatic N) is 1. The van der Waals surface area contributed by atoms with Gasteiger partial charge in [0.1, 0.15) is 0 Å². The van der Waals surface area contributed by atoms with Gasteiger partial charge in [-0.15, -0.1) is 0 Å². The predicted octanol–water partition coefficient (Wildman–Crippen LogP) is 2.26. The Morgan fingerprint density at radius 1 is 1.39 bits per heavy atom. The molecule has 3 heteroatoms. The van der Waals surface area contributed by atoms with Crippen molar-refractivity contribution >= 4 is 0 Å². The molecule has 0 radical (unpaired) electrons. The number of rotatable bonds is 5. The molecule has 0 aromatic heterocycles. The molecule has 2 aliphatic heterocycles. The van der Waals surface area contributed by atoms with Crippen LogP contribution in [-0.4, -0.2) is 49.3 Å². The summed E-state index contributed by atoms with van der Waals surface area (Å²) in [6.45, 7) is 11.4. The second-order valence-corrected chi connectivity index (χ2v) is 6.39. The summed E-state index contributed by atoms with van der Waals surface area (Å²) >= 11 is 0. The van der Waals surface area contributed by atoms with Crippen molar-refractivity contribution in [2.24, 2.45) is 5.92 Å². The largest absolute Gasteiger partial charge is 0.377 e. The molecule has 2 heterocycles. The molecule has 0 spiro atoms. The number of hydrogen-bond acceptors (Lipinski definition) is 3. The van der Waals surface area contributed by atoms with E-state index in [4.69, 9.17) is 4.74 Å². The van der Waals surface area contributed by atoms with Crippen LogP contribution in [0.3, 0.4) is 0 Å². The SMILES string of the molecule is CCC1CNC(CC(C)C)CN1CC1CCCO1. The highest BCUT2D eigenvalue weighted by Gasteiger charge is 2.29. The minimum atomic E-state index is 0.497. The van der Waals surface area contributed by atoms with Gasteiger partial charge < -0.3 is 10.1 Å². The number of hydrogen-bond donors (Lipinski definition) is 1. The summed E-state index contributed by atoms with van der Waals surface area (Å²) in [5, 5.41) is 3.72. The van der Waals surface area contributed by atoms with Gasteiger partial charge in [0.25, 0.3) is 0 Å². The lowest BCUT2D eigenvalue weighted by Crippen LogP contribution is -2.57. The van der Waals surface area contributed by atoms with Crippen LogP contribution in [0, 0.1) is 5.92 Å². The second-order valence-electron chi connectivity index (χ2n) is 6.39. The summed E-state index contributed by atoms with van der Waals surface area (Å²) in [7, 11) is 0. The molecule has 0 aliphatic carbocycles. The first-order valence-corrected chi connectivity index (χ1v) is 7.78. The van der Waals surface area contributed by atoms with Gasteiger partial charge in [-0.05, 0) is 31.6 Å². The molecule has 2 rings (SSSR count). The van der Waals surface area contributed by atoms with Gasteiger partial charge in [-0.3, -0.25) is 4.90 Å². The molecule has 0 amide bonds. The van der Waals surface area contributed by atoms with E-state index in [0.29, 0.717) is 18.2 Å². The van der Waals surface area contributed by atoms with Gasteiger partial charge in [-0.25, -0.2) is 0 Å². The normalized spacial score (nSPS) is 34.3. The van der Waals surface area contributed by atoms with Crippen LogP contribution in [0.5, 0.6) is 0 Å². The Labute approximate surface area is 112 Å². The molecule has 18 heavy (non-hydrogen) atoms. The number of ether oxygens (including phenoxy) is 1. The molecule has 2 aliphatic rings. The van der Waals surface area contributed by atoms with E-state index in [9.17, 15) is 0 Å². The van der Waals surface area contributed by atoms with Crippen molar-refractivity contribution in [2.45, 2.75) is 64.6 Å². The van der Waals surface area contributed by atoms with Gasteiger partial charge in [0, 0.05) is 38.3 Å². The van der Waals surface area contributed by atoms with E-state index in [-0.39, 0.29) is 0 Å².